The number of hydrogen-bond acceptors (Lipinski definition) is 7. The van der Waals surface area contributed by atoms with Gasteiger partial charge in [-0.2, -0.15) is 0 Å². The molecule has 2 heterocycles. The lowest BCUT2D eigenvalue weighted by atomic mass is 10.1. The topological polar surface area (TPSA) is 138 Å². The largest absolute Gasteiger partial charge is 0.409 e. The zero-order valence-electron chi connectivity index (χ0n) is 10.6. The summed E-state index contributed by atoms with van der Waals surface area (Å²) < 4.78 is 0. The minimum absolute atomic E-state index is 0.0718. The summed E-state index contributed by atoms with van der Waals surface area (Å²) in [7, 11) is 0. The molecule has 4 N–H and O–H groups in total. The van der Waals surface area contributed by atoms with Gasteiger partial charge in [0.25, 0.3) is 5.69 Å². The Morgan fingerprint density at radius 1 is 1.70 bits per heavy atom. The Labute approximate surface area is 114 Å². The molecule has 0 saturated carbocycles. The molecule has 1 fully saturated rings. The third-order valence-corrected chi connectivity index (χ3v) is 3.29. The first-order chi connectivity index (χ1) is 9.56. The third-order valence-electron chi connectivity index (χ3n) is 3.29. The van der Waals surface area contributed by atoms with Gasteiger partial charge < -0.3 is 20.9 Å². The van der Waals surface area contributed by atoms with E-state index >= 15 is 0 Å². The molecule has 0 aliphatic carbocycles. The number of nitrogens with zero attached hydrogens (tertiary/aromatic N) is 4. The normalized spacial score (nSPS) is 19.4. The van der Waals surface area contributed by atoms with Gasteiger partial charge in [0.1, 0.15) is 12.0 Å². The van der Waals surface area contributed by atoms with Crippen LogP contribution in [0.3, 0.4) is 0 Å². The van der Waals surface area contributed by atoms with Crippen LogP contribution < -0.4 is 10.6 Å². The zero-order chi connectivity index (χ0) is 14.7. The number of anilines is 1. The molecule has 20 heavy (non-hydrogen) atoms. The van der Waals surface area contributed by atoms with Gasteiger partial charge in [-0.15, -0.1) is 0 Å². The lowest BCUT2D eigenvalue weighted by Crippen LogP contribution is -2.26. The molecule has 1 saturated heterocycles. The van der Waals surface area contributed by atoms with E-state index < -0.39 is 4.92 Å². The number of aliphatic hydroxyl groups is 1. The van der Waals surface area contributed by atoms with Crippen LogP contribution in [-0.4, -0.2) is 45.8 Å². The molecule has 1 aliphatic heterocycles. The van der Waals surface area contributed by atoms with Crippen molar-refractivity contribution < 1.29 is 15.2 Å². The average molecular weight is 281 g/mol. The quantitative estimate of drug-likeness (QED) is 0.230. The highest BCUT2D eigenvalue weighted by atomic mass is 16.6. The van der Waals surface area contributed by atoms with Crippen molar-refractivity contribution >= 4 is 17.3 Å². The van der Waals surface area contributed by atoms with Gasteiger partial charge in [0, 0.05) is 31.7 Å². The van der Waals surface area contributed by atoms with Crippen molar-refractivity contribution in [3.05, 3.63) is 27.9 Å². The molecule has 0 aromatic carbocycles. The number of nitrogens with two attached hydrogens (primary N) is 1. The predicted molar refractivity (Wildman–Crippen MR) is 70.8 cm³/mol. The minimum atomic E-state index is -0.592. The van der Waals surface area contributed by atoms with Crippen LogP contribution in [0.15, 0.2) is 17.4 Å². The zero-order valence-corrected chi connectivity index (χ0v) is 10.6. The molecule has 1 aromatic rings. The summed E-state index contributed by atoms with van der Waals surface area (Å²) in [5, 5.41) is 31.6. The molecule has 0 radical (unpaired) electrons. The van der Waals surface area contributed by atoms with Gasteiger partial charge in [-0.25, -0.2) is 4.98 Å². The first-order valence-corrected chi connectivity index (χ1v) is 6.05. The SMILES string of the molecule is N/C(=N/O)c1cc([N+](=O)[O-])cnc1N1CCC(CO)C1. The number of aliphatic hydroxyl groups excluding tert-OH is 1. The molecule has 1 unspecified atom stereocenters. The van der Waals surface area contributed by atoms with E-state index in [1.54, 1.807) is 0 Å². The number of pyridine rings is 1. The molecular formula is C11H15N5O4. The maximum Gasteiger partial charge on any atom is 0.288 e. The summed E-state index contributed by atoms with van der Waals surface area (Å²) >= 11 is 0. The van der Waals surface area contributed by atoms with Gasteiger partial charge in [-0.05, 0) is 6.42 Å². The Morgan fingerprint density at radius 2 is 2.45 bits per heavy atom. The third kappa shape index (κ3) is 2.62. The van der Waals surface area contributed by atoms with E-state index in [-0.39, 0.29) is 29.6 Å². The molecule has 0 spiro atoms. The molecule has 0 amide bonds. The number of oxime groups is 1. The molecule has 9 heteroatoms. The second-order valence-corrected chi connectivity index (χ2v) is 4.59. The van der Waals surface area contributed by atoms with Gasteiger partial charge in [-0.1, -0.05) is 5.16 Å². The molecule has 1 aliphatic rings. The summed E-state index contributed by atoms with van der Waals surface area (Å²) in [6.07, 6.45) is 1.93. The summed E-state index contributed by atoms with van der Waals surface area (Å²) in [4.78, 5) is 16.1. The summed E-state index contributed by atoms with van der Waals surface area (Å²) in [5.41, 5.74) is 5.54. The highest BCUT2D eigenvalue weighted by molar-refractivity contribution is 6.02. The Morgan fingerprint density at radius 3 is 3.00 bits per heavy atom. The van der Waals surface area contributed by atoms with Gasteiger partial charge in [-0.3, -0.25) is 10.1 Å². The average Bonchev–Trinajstić information content (AvgIpc) is 2.94. The van der Waals surface area contributed by atoms with Crippen LogP contribution in [-0.2, 0) is 0 Å². The lowest BCUT2D eigenvalue weighted by Gasteiger charge is -2.19. The van der Waals surface area contributed by atoms with E-state index in [1.165, 1.54) is 6.07 Å². The van der Waals surface area contributed by atoms with E-state index in [4.69, 9.17) is 16.0 Å². The second kappa shape index (κ2) is 5.70. The van der Waals surface area contributed by atoms with Gasteiger partial charge in [0.15, 0.2) is 5.84 Å². The van der Waals surface area contributed by atoms with E-state index in [2.05, 4.69) is 10.1 Å². The molecule has 1 atom stereocenters. The van der Waals surface area contributed by atoms with Crippen LogP contribution in [0.1, 0.15) is 12.0 Å². The summed E-state index contributed by atoms with van der Waals surface area (Å²) in [5.74, 6) is 0.317. The summed E-state index contributed by atoms with van der Waals surface area (Å²) in [6.45, 7) is 1.30. The Kier molecular flexibility index (Phi) is 3.99. The van der Waals surface area contributed by atoms with Gasteiger partial charge >= 0.3 is 0 Å². The maximum absolute atomic E-state index is 10.8. The molecule has 2 rings (SSSR count). The predicted octanol–water partition coefficient (Wildman–Crippen LogP) is -0.0971. The van der Waals surface area contributed by atoms with Gasteiger partial charge in [0.2, 0.25) is 0 Å². The van der Waals surface area contributed by atoms with Crippen LogP contribution in [0.5, 0.6) is 0 Å². The van der Waals surface area contributed by atoms with Crippen LogP contribution in [0, 0.1) is 16.0 Å². The Balaban J connectivity index is 2.40. The van der Waals surface area contributed by atoms with E-state index in [9.17, 15) is 10.1 Å². The van der Waals surface area contributed by atoms with E-state index in [1.807, 2.05) is 4.90 Å². The summed E-state index contributed by atoms with van der Waals surface area (Å²) in [6, 6.07) is 1.23. The van der Waals surface area contributed by atoms with Crippen LogP contribution in [0.4, 0.5) is 11.5 Å². The fourth-order valence-electron chi connectivity index (χ4n) is 2.21. The smallest absolute Gasteiger partial charge is 0.288 e. The Bertz CT molecular complexity index is 548. The molecule has 9 nitrogen and oxygen atoms in total. The number of hydrogen-bond donors (Lipinski definition) is 3. The highest BCUT2D eigenvalue weighted by Gasteiger charge is 2.26. The monoisotopic (exact) mass is 281 g/mol. The second-order valence-electron chi connectivity index (χ2n) is 4.59. The van der Waals surface area contributed by atoms with Crippen molar-refractivity contribution in [2.75, 3.05) is 24.6 Å². The fraction of sp³-hybridized carbons (Fsp3) is 0.455. The minimum Gasteiger partial charge on any atom is -0.409 e. The first kappa shape index (κ1) is 14.0. The van der Waals surface area contributed by atoms with Crippen molar-refractivity contribution in [1.82, 2.24) is 4.98 Å². The maximum atomic E-state index is 10.8. The standard InChI is InChI=1S/C11H15N5O4/c12-10(14-18)9-3-8(16(19)20)4-13-11(9)15-2-1-7(5-15)6-17/h3-4,7,17-18H,1-2,5-6H2,(H2,12,14). The lowest BCUT2D eigenvalue weighted by molar-refractivity contribution is -0.385. The van der Waals surface area contributed by atoms with Crippen molar-refractivity contribution in [3.63, 3.8) is 0 Å². The van der Waals surface area contributed by atoms with Crippen LogP contribution >= 0.6 is 0 Å². The van der Waals surface area contributed by atoms with E-state index in [0.717, 1.165) is 12.6 Å². The molecule has 108 valence electrons. The number of amidine groups is 1. The number of rotatable bonds is 4. The molecule has 0 bridgehead atoms. The Hall–Kier alpha value is -2.42. The number of nitro groups is 1. The molecule has 1 aromatic heterocycles. The molecular weight excluding hydrogens is 266 g/mol. The first-order valence-electron chi connectivity index (χ1n) is 6.05. The van der Waals surface area contributed by atoms with Crippen molar-refractivity contribution in [1.29, 1.82) is 0 Å². The van der Waals surface area contributed by atoms with Crippen molar-refractivity contribution in [2.24, 2.45) is 16.8 Å². The van der Waals surface area contributed by atoms with Crippen molar-refractivity contribution in [3.8, 4) is 0 Å². The fourth-order valence-corrected chi connectivity index (χ4v) is 2.21. The van der Waals surface area contributed by atoms with Crippen LogP contribution in [0.2, 0.25) is 0 Å². The van der Waals surface area contributed by atoms with E-state index in [0.29, 0.717) is 18.9 Å². The van der Waals surface area contributed by atoms with Crippen LogP contribution in [0.25, 0.3) is 0 Å². The van der Waals surface area contributed by atoms with Crippen molar-refractivity contribution in [2.45, 2.75) is 6.42 Å². The van der Waals surface area contributed by atoms with Gasteiger partial charge in [0.05, 0.1) is 10.5 Å². The highest BCUT2D eigenvalue weighted by Crippen LogP contribution is 2.27. The number of aromatic nitrogens is 1.